The van der Waals surface area contributed by atoms with Gasteiger partial charge >= 0.3 is 0 Å². The molecule has 0 unspecified atom stereocenters. The predicted molar refractivity (Wildman–Crippen MR) is 122 cm³/mol. The van der Waals surface area contributed by atoms with Crippen molar-refractivity contribution < 1.29 is 9.18 Å². The molecule has 0 aliphatic heterocycles. The molecule has 2 aromatic carbocycles. The number of nitrogens with zero attached hydrogens (tertiary/aromatic N) is 4. The first-order chi connectivity index (χ1) is 15.2. The lowest BCUT2D eigenvalue weighted by Crippen LogP contribution is -2.31. The number of aromatic nitrogens is 4. The molecule has 164 valence electrons. The van der Waals surface area contributed by atoms with Crippen LogP contribution in [-0.2, 0) is 11.3 Å². The number of hydrogen-bond donors (Lipinski definition) is 1. The predicted octanol–water partition coefficient (Wildman–Crippen LogP) is 4.79. The summed E-state index contributed by atoms with van der Waals surface area (Å²) in [6, 6.07) is 10.3. The molecular weight excluding hydrogens is 456 g/mol. The maximum absolute atomic E-state index is 13.4. The van der Waals surface area contributed by atoms with E-state index in [1.165, 1.54) is 35.0 Å². The maximum Gasteiger partial charge on any atom is 0.293 e. The highest BCUT2D eigenvalue weighted by Crippen LogP contribution is 2.25. The summed E-state index contributed by atoms with van der Waals surface area (Å²) in [6.45, 7) is 3.55. The number of carbonyl (C=O) groups is 1. The van der Waals surface area contributed by atoms with Crippen molar-refractivity contribution in [2.45, 2.75) is 26.3 Å². The molecule has 0 atom stereocenters. The van der Waals surface area contributed by atoms with E-state index in [1.54, 1.807) is 18.3 Å². The maximum atomic E-state index is 13.4. The Balaban J connectivity index is 1.75. The van der Waals surface area contributed by atoms with Crippen LogP contribution < -0.4 is 10.9 Å². The van der Waals surface area contributed by atoms with Gasteiger partial charge in [-0.05, 0) is 48.4 Å². The van der Waals surface area contributed by atoms with Crippen LogP contribution in [0.2, 0.25) is 10.0 Å². The minimum absolute atomic E-state index is 0.0339. The van der Waals surface area contributed by atoms with Crippen molar-refractivity contribution in [1.82, 2.24) is 19.6 Å². The van der Waals surface area contributed by atoms with Crippen LogP contribution >= 0.6 is 23.2 Å². The van der Waals surface area contributed by atoms with Gasteiger partial charge in [0.1, 0.15) is 17.9 Å². The largest absolute Gasteiger partial charge is 0.324 e. The van der Waals surface area contributed by atoms with E-state index < -0.39 is 17.3 Å². The fourth-order valence-corrected chi connectivity index (χ4v) is 3.61. The molecule has 0 bridgehead atoms. The zero-order chi connectivity index (χ0) is 23.0. The quantitative estimate of drug-likeness (QED) is 0.451. The summed E-state index contributed by atoms with van der Waals surface area (Å²) in [4.78, 5) is 25.9. The first kappa shape index (κ1) is 22.0. The molecule has 0 fully saturated rings. The third-order valence-corrected chi connectivity index (χ3v) is 5.56. The summed E-state index contributed by atoms with van der Waals surface area (Å²) >= 11 is 11.9. The fraction of sp³-hybridized carbons (Fsp3) is 0.182. The van der Waals surface area contributed by atoms with Crippen molar-refractivity contribution in [3.63, 3.8) is 0 Å². The Labute approximate surface area is 192 Å². The second-order valence-corrected chi connectivity index (χ2v) is 8.29. The molecular formula is C22H18Cl2FN5O2. The molecule has 7 nitrogen and oxygen atoms in total. The highest BCUT2D eigenvalue weighted by atomic mass is 35.5. The molecule has 0 aliphatic carbocycles. The van der Waals surface area contributed by atoms with Crippen molar-refractivity contribution in [2.24, 2.45) is 0 Å². The lowest BCUT2D eigenvalue weighted by Gasteiger charge is -2.12. The van der Waals surface area contributed by atoms with E-state index >= 15 is 0 Å². The van der Waals surface area contributed by atoms with E-state index in [4.69, 9.17) is 23.2 Å². The third-order valence-electron chi connectivity index (χ3n) is 4.83. The second kappa shape index (κ2) is 8.72. The van der Waals surface area contributed by atoms with Gasteiger partial charge < -0.3 is 5.32 Å². The number of carbonyl (C=O) groups excluding carboxylic acids is 1. The van der Waals surface area contributed by atoms with E-state index in [-0.39, 0.29) is 18.0 Å². The monoisotopic (exact) mass is 473 g/mol. The summed E-state index contributed by atoms with van der Waals surface area (Å²) in [5.74, 6) is -0.889. The number of benzene rings is 2. The van der Waals surface area contributed by atoms with Crippen LogP contribution in [-0.4, -0.2) is 25.5 Å². The van der Waals surface area contributed by atoms with Crippen molar-refractivity contribution in [3.05, 3.63) is 80.6 Å². The van der Waals surface area contributed by atoms with Crippen molar-refractivity contribution in [2.75, 3.05) is 5.32 Å². The molecule has 0 saturated heterocycles. The van der Waals surface area contributed by atoms with Crippen molar-refractivity contribution in [3.8, 4) is 5.69 Å². The smallest absolute Gasteiger partial charge is 0.293 e. The summed E-state index contributed by atoms with van der Waals surface area (Å²) in [5.41, 5.74) is 1.36. The number of nitrogens with one attached hydrogen (secondary N) is 1. The summed E-state index contributed by atoms with van der Waals surface area (Å²) in [6.07, 6.45) is 1.56. The Morgan fingerprint density at radius 1 is 1.12 bits per heavy atom. The Hall–Kier alpha value is -3.23. The van der Waals surface area contributed by atoms with Gasteiger partial charge in [0, 0.05) is 11.1 Å². The molecule has 0 saturated carbocycles. The van der Waals surface area contributed by atoms with Crippen LogP contribution in [0.4, 0.5) is 10.1 Å². The van der Waals surface area contributed by atoms with E-state index in [0.717, 1.165) is 4.68 Å². The number of halogens is 3. The number of rotatable bonds is 5. The van der Waals surface area contributed by atoms with Crippen molar-refractivity contribution >= 4 is 45.7 Å². The molecule has 10 heteroatoms. The Kier molecular flexibility index (Phi) is 5.99. The first-order valence-electron chi connectivity index (χ1n) is 9.74. The molecule has 4 rings (SSSR count). The van der Waals surface area contributed by atoms with Crippen LogP contribution in [0.1, 0.15) is 25.5 Å². The third kappa shape index (κ3) is 4.24. The van der Waals surface area contributed by atoms with Gasteiger partial charge in [0.25, 0.3) is 5.56 Å². The molecule has 32 heavy (non-hydrogen) atoms. The summed E-state index contributed by atoms with van der Waals surface area (Å²) < 4.78 is 15.9. The fourth-order valence-electron chi connectivity index (χ4n) is 3.32. The summed E-state index contributed by atoms with van der Waals surface area (Å²) in [7, 11) is 0. The van der Waals surface area contributed by atoms with Gasteiger partial charge in [0.05, 0.1) is 27.6 Å². The van der Waals surface area contributed by atoms with E-state index in [0.29, 0.717) is 32.5 Å². The van der Waals surface area contributed by atoms with Gasteiger partial charge in [-0.3, -0.25) is 9.59 Å². The zero-order valence-electron chi connectivity index (χ0n) is 17.1. The molecule has 1 amide bonds. The van der Waals surface area contributed by atoms with Crippen LogP contribution in [0.5, 0.6) is 0 Å². The van der Waals surface area contributed by atoms with Gasteiger partial charge in [-0.15, -0.1) is 0 Å². The van der Waals surface area contributed by atoms with Gasteiger partial charge in [-0.25, -0.2) is 13.8 Å². The molecule has 1 N–H and O–H groups in total. The number of anilines is 1. The lowest BCUT2D eigenvalue weighted by atomic mass is 10.1. The van der Waals surface area contributed by atoms with E-state index in [1.807, 2.05) is 13.8 Å². The molecule has 2 heterocycles. The lowest BCUT2D eigenvalue weighted by molar-refractivity contribution is -0.117. The Bertz CT molecular complexity index is 1380. The van der Waals surface area contributed by atoms with Crippen LogP contribution in [0, 0.1) is 5.82 Å². The van der Waals surface area contributed by atoms with E-state index in [2.05, 4.69) is 15.5 Å². The van der Waals surface area contributed by atoms with Crippen LogP contribution in [0.3, 0.4) is 0 Å². The SMILES string of the molecule is CC(C)c1nn(CC(=O)Nc2ccc(Cl)c(Cl)c2)c(=O)c2c1cnn2-c1ccc(F)cc1. The standard InChI is InChI=1S/C22H18Cl2FN5O2/c1-12(2)20-16-10-26-30(15-6-3-13(25)4-7-15)21(16)22(32)29(28-20)11-19(31)27-14-5-8-17(23)18(24)9-14/h3-10,12H,11H2,1-2H3,(H,27,31). The first-order valence-corrected chi connectivity index (χ1v) is 10.5. The normalized spacial score (nSPS) is 11.3. The highest BCUT2D eigenvalue weighted by Gasteiger charge is 2.20. The minimum atomic E-state index is -0.490. The average molecular weight is 474 g/mol. The zero-order valence-corrected chi connectivity index (χ0v) is 18.7. The molecule has 2 aromatic heterocycles. The van der Waals surface area contributed by atoms with Crippen LogP contribution in [0.15, 0.2) is 53.5 Å². The van der Waals surface area contributed by atoms with Crippen molar-refractivity contribution in [1.29, 1.82) is 0 Å². The molecule has 0 radical (unpaired) electrons. The summed E-state index contributed by atoms with van der Waals surface area (Å²) in [5, 5.41) is 12.7. The number of amides is 1. The Morgan fingerprint density at radius 3 is 2.50 bits per heavy atom. The van der Waals surface area contributed by atoms with Gasteiger partial charge in [-0.2, -0.15) is 10.2 Å². The molecule has 0 aliphatic rings. The Morgan fingerprint density at radius 2 is 1.84 bits per heavy atom. The molecule has 4 aromatic rings. The highest BCUT2D eigenvalue weighted by molar-refractivity contribution is 6.42. The van der Waals surface area contributed by atoms with Crippen LogP contribution in [0.25, 0.3) is 16.6 Å². The van der Waals surface area contributed by atoms with Gasteiger partial charge in [0.15, 0.2) is 0 Å². The second-order valence-electron chi connectivity index (χ2n) is 7.47. The molecule has 0 spiro atoms. The number of hydrogen-bond acceptors (Lipinski definition) is 4. The number of fused-ring (bicyclic) bond motifs is 1. The van der Waals surface area contributed by atoms with Gasteiger partial charge in [-0.1, -0.05) is 37.0 Å². The topological polar surface area (TPSA) is 81.8 Å². The average Bonchev–Trinajstić information content (AvgIpc) is 3.18. The minimum Gasteiger partial charge on any atom is -0.324 e. The van der Waals surface area contributed by atoms with Gasteiger partial charge in [0.2, 0.25) is 5.91 Å². The van der Waals surface area contributed by atoms with E-state index in [9.17, 15) is 14.0 Å².